The summed E-state index contributed by atoms with van der Waals surface area (Å²) in [6, 6.07) is 10.5. The van der Waals surface area contributed by atoms with Gasteiger partial charge < -0.3 is 10.6 Å². The predicted octanol–water partition coefficient (Wildman–Crippen LogP) is 5.33. The summed E-state index contributed by atoms with van der Waals surface area (Å²) in [5, 5.41) is 21.8. The molecule has 0 bridgehead atoms. The number of nitriles is 1. The Hall–Kier alpha value is -5.72. The smallest absolute Gasteiger partial charge is 0.321 e. The predicted molar refractivity (Wildman–Crippen MR) is 133 cm³/mol. The van der Waals surface area contributed by atoms with Gasteiger partial charge in [0.1, 0.15) is 17.3 Å². The first-order chi connectivity index (χ1) is 19.9. The topological polar surface area (TPSA) is 131 Å². The molecule has 1 aliphatic rings. The third-order valence-corrected chi connectivity index (χ3v) is 6.41. The van der Waals surface area contributed by atoms with Gasteiger partial charge in [-0.2, -0.15) is 41.8 Å². The highest BCUT2D eigenvalue weighted by atomic mass is 19.4. The van der Waals surface area contributed by atoms with E-state index in [1.165, 1.54) is 30.3 Å². The molecule has 210 valence electrons. The van der Waals surface area contributed by atoms with Crippen LogP contribution >= 0.6 is 0 Å². The normalized spacial score (nSPS) is 12.8. The Balaban J connectivity index is 1.42. The SMILES string of the molecule is N#Cc1ccnn1-c1ncc(NC(=O)c2cnn(-c3ccc4c5c(cccc35)C(=O)N4)c2C(F)(F)F)cc1C(F)(F)F. The number of hydrogen-bond donors (Lipinski definition) is 2. The number of amides is 2. The van der Waals surface area contributed by atoms with Gasteiger partial charge in [0.2, 0.25) is 0 Å². The van der Waals surface area contributed by atoms with Gasteiger partial charge in [0, 0.05) is 22.0 Å². The molecule has 0 spiro atoms. The highest BCUT2D eigenvalue weighted by Crippen LogP contribution is 2.40. The lowest BCUT2D eigenvalue weighted by molar-refractivity contribution is -0.143. The van der Waals surface area contributed by atoms with E-state index in [1.54, 1.807) is 6.07 Å². The van der Waals surface area contributed by atoms with Crippen LogP contribution in [0, 0.1) is 11.3 Å². The van der Waals surface area contributed by atoms with Crippen LogP contribution in [-0.2, 0) is 12.4 Å². The maximum atomic E-state index is 14.4. The molecule has 2 N–H and O–H groups in total. The van der Waals surface area contributed by atoms with Gasteiger partial charge in [-0.15, -0.1) is 0 Å². The lowest BCUT2D eigenvalue weighted by Crippen LogP contribution is -2.21. The van der Waals surface area contributed by atoms with Crippen LogP contribution in [0.25, 0.3) is 22.3 Å². The van der Waals surface area contributed by atoms with Crippen LogP contribution in [0.15, 0.2) is 61.1 Å². The van der Waals surface area contributed by atoms with Crippen LogP contribution in [-0.4, -0.2) is 36.4 Å². The van der Waals surface area contributed by atoms with E-state index in [9.17, 15) is 35.9 Å². The van der Waals surface area contributed by atoms with Crippen molar-refractivity contribution in [3.63, 3.8) is 0 Å². The minimum absolute atomic E-state index is 0.0867. The molecule has 0 fully saturated rings. The number of anilines is 2. The molecule has 0 unspecified atom stereocenters. The highest BCUT2D eigenvalue weighted by Gasteiger charge is 2.41. The van der Waals surface area contributed by atoms with Crippen molar-refractivity contribution in [3.05, 3.63) is 89.1 Å². The summed E-state index contributed by atoms with van der Waals surface area (Å²) in [6.07, 6.45) is -7.65. The average molecular weight is 582 g/mol. The molecule has 1 aliphatic heterocycles. The Kier molecular flexibility index (Phi) is 5.78. The minimum Gasteiger partial charge on any atom is -0.321 e. The number of carbonyl (C=O) groups excluding carboxylic acids is 2. The number of pyridine rings is 1. The molecular weight excluding hydrogens is 570 g/mol. The molecule has 16 heteroatoms. The summed E-state index contributed by atoms with van der Waals surface area (Å²) >= 11 is 0. The number of nitrogens with one attached hydrogen (secondary N) is 2. The van der Waals surface area contributed by atoms with Crippen molar-refractivity contribution in [1.82, 2.24) is 24.5 Å². The molecule has 10 nitrogen and oxygen atoms in total. The van der Waals surface area contributed by atoms with Gasteiger partial charge in [-0.25, -0.2) is 14.3 Å². The first-order valence-corrected chi connectivity index (χ1v) is 11.7. The Morgan fingerprint density at radius 3 is 2.48 bits per heavy atom. The van der Waals surface area contributed by atoms with Crippen LogP contribution < -0.4 is 10.6 Å². The number of hydrogen-bond acceptors (Lipinski definition) is 6. The van der Waals surface area contributed by atoms with E-state index in [1.807, 2.05) is 5.32 Å². The van der Waals surface area contributed by atoms with E-state index >= 15 is 0 Å². The fourth-order valence-electron chi connectivity index (χ4n) is 4.69. The Bertz CT molecular complexity index is 1980. The third kappa shape index (κ3) is 4.18. The number of aromatic nitrogens is 5. The van der Waals surface area contributed by atoms with Crippen molar-refractivity contribution < 1.29 is 35.9 Å². The summed E-state index contributed by atoms with van der Waals surface area (Å²) in [4.78, 5) is 28.9. The van der Waals surface area contributed by atoms with Gasteiger partial charge >= 0.3 is 12.4 Å². The van der Waals surface area contributed by atoms with Crippen LogP contribution in [0.5, 0.6) is 0 Å². The molecule has 2 amide bonds. The quantitative estimate of drug-likeness (QED) is 0.276. The van der Waals surface area contributed by atoms with Gasteiger partial charge in [0.05, 0.1) is 35.5 Å². The van der Waals surface area contributed by atoms with E-state index in [0.29, 0.717) is 32.7 Å². The number of benzene rings is 2. The lowest BCUT2D eigenvalue weighted by atomic mass is 10.0. The van der Waals surface area contributed by atoms with Crippen LogP contribution in [0.1, 0.15) is 37.7 Å². The second-order valence-corrected chi connectivity index (χ2v) is 8.92. The zero-order valence-electron chi connectivity index (χ0n) is 20.5. The Morgan fingerprint density at radius 1 is 0.976 bits per heavy atom. The minimum atomic E-state index is -5.13. The van der Waals surface area contributed by atoms with Gasteiger partial charge in [-0.05, 0) is 30.3 Å². The molecule has 3 aromatic heterocycles. The molecule has 6 rings (SSSR count). The summed E-state index contributed by atoms with van der Waals surface area (Å²) in [7, 11) is 0. The zero-order valence-corrected chi connectivity index (χ0v) is 20.5. The molecule has 4 heterocycles. The van der Waals surface area contributed by atoms with Crippen molar-refractivity contribution >= 4 is 34.0 Å². The number of alkyl halides is 6. The van der Waals surface area contributed by atoms with E-state index in [4.69, 9.17) is 5.26 Å². The van der Waals surface area contributed by atoms with Gasteiger partial charge in [0.25, 0.3) is 11.8 Å². The maximum Gasteiger partial charge on any atom is 0.434 e. The van der Waals surface area contributed by atoms with E-state index in [0.717, 1.165) is 18.5 Å². The standard InChI is InChI=1S/C26H12F6N8O2/c27-25(28,29)17-8-12(10-34-22(17)39-13(9-33)6-7-35-39)37-24(42)16-11-36-40(21(16)26(30,31)32)19-5-4-18-20-14(19)2-1-3-15(20)23(41)38-18/h1-8,10-11H,(H,37,42)(H,38,41). The van der Waals surface area contributed by atoms with E-state index < -0.39 is 52.5 Å². The fourth-order valence-corrected chi connectivity index (χ4v) is 4.69. The Morgan fingerprint density at radius 2 is 1.76 bits per heavy atom. The van der Waals surface area contributed by atoms with Crippen molar-refractivity contribution in [3.8, 4) is 17.6 Å². The second kappa shape index (κ2) is 9.16. The molecule has 42 heavy (non-hydrogen) atoms. The number of nitrogens with zero attached hydrogens (tertiary/aromatic N) is 6. The Labute approximate surface area is 229 Å². The summed E-state index contributed by atoms with van der Waals surface area (Å²) < 4.78 is 85.8. The first kappa shape index (κ1) is 26.5. The van der Waals surface area contributed by atoms with Crippen molar-refractivity contribution in [1.29, 1.82) is 5.26 Å². The third-order valence-electron chi connectivity index (χ3n) is 6.41. The van der Waals surface area contributed by atoms with Crippen molar-refractivity contribution in [2.24, 2.45) is 0 Å². The van der Waals surface area contributed by atoms with E-state index in [-0.39, 0.29) is 22.3 Å². The average Bonchev–Trinajstić information content (AvgIpc) is 3.66. The molecular formula is C26H12F6N8O2. The number of carbonyl (C=O) groups is 2. The van der Waals surface area contributed by atoms with Crippen molar-refractivity contribution in [2.75, 3.05) is 10.6 Å². The first-order valence-electron chi connectivity index (χ1n) is 11.7. The number of rotatable bonds is 4. The number of halogens is 6. The second-order valence-electron chi connectivity index (χ2n) is 8.92. The molecule has 0 radical (unpaired) electrons. The maximum absolute atomic E-state index is 14.4. The van der Waals surface area contributed by atoms with Crippen LogP contribution in [0.3, 0.4) is 0 Å². The van der Waals surface area contributed by atoms with Gasteiger partial charge in [0.15, 0.2) is 11.5 Å². The molecule has 0 saturated carbocycles. The van der Waals surface area contributed by atoms with Gasteiger partial charge in [-0.3, -0.25) is 9.59 Å². The summed E-state index contributed by atoms with van der Waals surface area (Å²) in [5.74, 6) is -2.61. The highest BCUT2D eigenvalue weighted by molar-refractivity contribution is 6.25. The van der Waals surface area contributed by atoms with Gasteiger partial charge in [-0.1, -0.05) is 12.1 Å². The largest absolute Gasteiger partial charge is 0.434 e. The molecule has 0 saturated heterocycles. The van der Waals surface area contributed by atoms with Crippen LogP contribution in [0.4, 0.5) is 37.7 Å². The summed E-state index contributed by atoms with van der Waals surface area (Å²) in [5.41, 5.74) is -4.14. The van der Waals surface area contributed by atoms with Crippen molar-refractivity contribution in [2.45, 2.75) is 12.4 Å². The van der Waals surface area contributed by atoms with E-state index in [2.05, 4.69) is 20.5 Å². The molecule has 2 aromatic carbocycles. The molecule has 0 aliphatic carbocycles. The fraction of sp³-hybridized carbons (Fsp3) is 0.0769. The molecule has 0 atom stereocenters. The lowest BCUT2D eigenvalue weighted by Gasteiger charge is -2.16. The van der Waals surface area contributed by atoms with Crippen LogP contribution in [0.2, 0.25) is 0 Å². The monoisotopic (exact) mass is 582 g/mol. The zero-order chi connectivity index (χ0) is 30.0. The summed E-state index contributed by atoms with van der Waals surface area (Å²) in [6.45, 7) is 0. The molecule has 5 aromatic rings.